The van der Waals surface area contributed by atoms with Crippen LogP contribution in [0.4, 0.5) is 0 Å². The molecule has 1 aliphatic heterocycles. The Labute approximate surface area is 85.7 Å². The van der Waals surface area contributed by atoms with Gasteiger partial charge in [-0.25, -0.2) is 0 Å². The van der Waals surface area contributed by atoms with Gasteiger partial charge >= 0.3 is 0 Å². The molecule has 0 aromatic rings. The molecule has 2 N–H and O–H groups in total. The summed E-state index contributed by atoms with van der Waals surface area (Å²) in [5.41, 5.74) is 0. The molecule has 3 heteroatoms. The lowest BCUT2D eigenvalue weighted by atomic mass is 9.94. The third-order valence-corrected chi connectivity index (χ3v) is 3.66. The molecule has 1 heterocycles. The second-order valence-corrected chi connectivity index (χ2v) is 4.78. The summed E-state index contributed by atoms with van der Waals surface area (Å²) in [4.78, 5) is 2.34. The van der Waals surface area contributed by atoms with E-state index < -0.39 is 0 Å². The van der Waals surface area contributed by atoms with Crippen molar-refractivity contribution in [1.82, 2.24) is 4.90 Å². The first-order valence-corrected chi connectivity index (χ1v) is 5.84. The van der Waals surface area contributed by atoms with Crippen LogP contribution in [0.25, 0.3) is 0 Å². The van der Waals surface area contributed by atoms with Crippen molar-refractivity contribution in [3.63, 3.8) is 0 Å². The zero-order chi connectivity index (χ0) is 9.97. The first kappa shape index (κ1) is 10.4. The van der Waals surface area contributed by atoms with E-state index in [1.54, 1.807) is 0 Å². The molecule has 0 aromatic carbocycles. The largest absolute Gasteiger partial charge is 0.396 e. The predicted molar refractivity (Wildman–Crippen MR) is 55.0 cm³/mol. The maximum atomic E-state index is 9.94. The van der Waals surface area contributed by atoms with E-state index in [4.69, 9.17) is 5.11 Å². The molecule has 2 atom stereocenters. The number of aliphatic hydroxyl groups excluding tert-OH is 2. The van der Waals surface area contributed by atoms with Crippen molar-refractivity contribution in [1.29, 1.82) is 0 Å². The van der Waals surface area contributed by atoms with Crippen molar-refractivity contribution in [2.75, 3.05) is 19.7 Å². The third kappa shape index (κ3) is 2.10. The fourth-order valence-corrected chi connectivity index (χ4v) is 2.69. The van der Waals surface area contributed by atoms with Gasteiger partial charge in [0.1, 0.15) is 0 Å². The average Bonchev–Trinajstić information content (AvgIpc) is 2.30. The van der Waals surface area contributed by atoms with Crippen LogP contribution in [0.15, 0.2) is 0 Å². The zero-order valence-electron chi connectivity index (χ0n) is 8.73. The second kappa shape index (κ2) is 4.60. The van der Waals surface area contributed by atoms with Crippen LogP contribution in [-0.2, 0) is 0 Å². The van der Waals surface area contributed by atoms with Gasteiger partial charge in [0, 0.05) is 31.7 Å². The normalized spacial score (nSPS) is 36.4. The fraction of sp³-hybridized carbons (Fsp3) is 1.00. The summed E-state index contributed by atoms with van der Waals surface area (Å²) in [6.45, 7) is 2.27. The van der Waals surface area contributed by atoms with Crippen LogP contribution in [0.1, 0.15) is 32.1 Å². The first-order chi connectivity index (χ1) is 6.81. The van der Waals surface area contributed by atoms with Crippen LogP contribution in [-0.4, -0.2) is 47.0 Å². The first-order valence-electron chi connectivity index (χ1n) is 5.84. The number of nitrogens with zero attached hydrogens (tertiary/aromatic N) is 1. The fourth-order valence-electron chi connectivity index (χ4n) is 2.69. The highest BCUT2D eigenvalue weighted by Gasteiger charge is 2.35. The Kier molecular flexibility index (Phi) is 3.42. The summed E-state index contributed by atoms with van der Waals surface area (Å²) in [6.07, 6.45) is 5.67. The molecule has 2 fully saturated rings. The van der Waals surface area contributed by atoms with E-state index in [1.807, 2.05) is 0 Å². The Morgan fingerprint density at radius 3 is 2.50 bits per heavy atom. The molecule has 0 spiro atoms. The highest BCUT2D eigenvalue weighted by Crippen LogP contribution is 2.27. The van der Waals surface area contributed by atoms with Gasteiger partial charge in [-0.1, -0.05) is 19.3 Å². The highest BCUT2D eigenvalue weighted by molar-refractivity contribution is 4.89. The summed E-state index contributed by atoms with van der Waals surface area (Å²) in [6, 6.07) is 0.375. The minimum Gasteiger partial charge on any atom is -0.396 e. The van der Waals surface area contributed by atoms with E-state index in [9.17, 15) is 5.11 Å². The SMILES string of the molecule is OCC1CN(C2CCCCCC2O)C1. The van der Waals surface area contributed by atoms with E-state index >= 15 is 0 Å². The summed E-state index contributed by atoms with van der Waals surface area (Å²) >= 11 is 0. The monoisotopic (exact) mass is 199 g/mol. The molecule has 0 radical (unpaired) electrons. The van der Waals surface area contributed by atoms with Gasteiger partial charge in [-0.15, -0.1) is 0 Å². The van der Waals surface area contributed by atoms with Gasteiger partial charge in [-0.3, -0.25) is 4.90 Å². The van der Waals surface area contributed by atoms with Crippen LogP contribution in [0.3, 0.4) is 0 Å². The molecular formula is C11H21NO2. The summed E-state index contributed by atoms with van der Waals surface area (Å²) < 4.78 is 0. The van der Waals surface area contributed by atoms with Crippen LogP contribution in [0, 0.1) is 5.92 Å². The van der Waals surface area contributed by atoms with Gasteiger partial charge in [0.2, 0.25) is 0 Å². The molecular weight excluding hydrogens is 178 g/mol. The lowest BCUT2D eigenvalue weighted by Crippen LogP contribution is -2.56. The lowest BCUT2D eigenvalue weighted by Gasteiger charge is -2.45. The van der Waals surface area contributed by atoms with Crippen molar-refractivity contribution in [2.24, 2.45) is 5.92 Å². The van der Waals surface area contributed by atoms with Gasteiger partial charge in [-0.05, 0) is 12.8 Å². The Bertz CT molecular complexity index is 180. The van der Waals surface area contributed by atoms with Gasteiger partial charge in [0.15, 0.2) is 0 Å². The standard InChI is InChI=1S/C11H21NO2/c13-8-9-6-12(7-9)10-4-2-1-3-5-11(10)14/h9-11,13-14H,1-8H2. The van der Waals surface area contributed by atoms with Gasteiger partial charge in [-0.2, -0.15) is 0 Å². The van der Waals surface area contributed by atoms with Crippen molar-refractivity contribution in [2.45, 2.75) is 44.2 Å². The minimum atomic E-state index is -0.128. The molecule has 1 saturated carbocycles. The highest BCUT2D eigenvalue weighted by atomic mass is 16.3. The maximum absolute atomic E-state index is 9.94. The smallest absolute Gasteiger partial charge is 0.0695 e. The molecule has 2 aliphatic rings. The van der Waals surface area contributed by atoms with E-state index in [1.165, 1.54) is 19.3 Å². The predicted octanol–water partition coefficient (Wildman–Crippen LogP) is 0.604. The van der Waals surface area contributed by atoms with Crippen LogP contribution >= 0.6 is 0 Å². The molecule has 3 nitrogen and oxygen atoms in total. The number of likely N-dealkylation sites (tertiary alicyclic amines) is 1. The summed E-state index contributed by atoms with van der Waals surface area (Å²) in [5, 5.41) is 18.9. The number of rotatable bonds is 2. The van der Waals surface area contributed by atoms with E-state index in [2.05, 4.69) is 4.90 Å². The number of aliphatic hydroxyl groups is 2. The number of hydrogen-bond donors (Lipinski definition) is 2. The summed E-state index contributed by atoms with van der Waals surface area (Å²) in [5.74, 6) is 0.463. The maximum Gasteiger partial charge on any atom is 0.0695 e. The molecule has 0 aromatic heterocycles. The molecule has 2 rings (SSSR count). The van der Waals surface area contributed by atoms with Gasteiger partial charge in [0.05, 0.1) is 6.10 Å². The van der Waals surface area contributed by atoms with Crippen molar-refractivity contribution < 1.29 is 10.2 Å². The molecule has 14 heavy (non-hydrogen) atoms. The van der Waals surface area contributed by atoms with Crippen LogP contribution in [0.5, 0.6) is 0 Å². The second-order valence-electron chi connectivity index (χ2n) is 4.78. The van der Waals surface area contributed by atoms with Gasteiger partial charge < -0.3 is 10.2 Å². The Morgan fingerprint density at radius 1 is 1.07 bits per heavy atom. The van der Waals surface area contributed by atoms with Gasteiger partial charge in [0.25, 0.3) is 0 Å². The van der Waals surface area contributed by atoms with E-state index in [0.29, 0.717) is 18.6 Å². The van der Waals surface area contributed by atoms with Crippen molar-refractivity contribution >= 4 is 0 Å². The van der Waals surface area contributed by atoms with Crippen LogP contribution in [0.2, 0.25) is 0 Å². The topological polar surface area (TPSA) is 43.7 Å². The van der Waals surface area contributed by atoms with E-state index in [-0.39, 0.29) is 6.10 Å². The Morgan fingerprint density at radius 2 is 1.79 bits per heavy atom. The van der Waals surface area contributed by atoms with E-state index in [0.717, 1.165) is 25.9 Å². The molecule has 82 valence electrons. The molecule has 0 amide bonds. The quantitative estimate of drug-likeness (QED) is 0.640. The number of hydrogen-bond acceptors (Lipinski definition) is 3. The van der Waals surface area contributed by atoms with Crippen molar-refractivity contribution in [3.05, 3.63) is 0 Å². The molecule has 0 bridgehead atoms. The Balaban J connectivity index is 1.83. The average molecular weight is 199 g/mol. The molecule has 1 saturated heterocycles. The Hall–Kier alpha value is -0.120. The third-order valence-electron chi connectivity index (χ3n) is 3.66. The zero-order valence-corrected chi connectivity index (χ0v) is 8.73. The van der Waals surface area contributed by atoms with Crippen LogP contribution < -0.4 is 0 Å². The van der Waals surface area contributed by atoms with Crippen molar-refractivity contribution in [3.8, 4) is 0 Å². The lowest BCUT2D eigenvalue weighted by molar-refractivity contribution is -0.0343. The molecule has 1 aliphatic carbocycles. The molecule has 2 unspecified atom stereocenters. The summed E-state index contributed by atoms with van der Waals surface area (Å²) in [7, 11) is 0. The minimum absolute atomic E-state index is 0.128.